The molecule has 0 saturated heterocycles. The standard InChI is InChI=1S/C12H19N5/c1-4-13-5-12-8-17(9-14-12)7-11-6-16(3)15-10(11)2/h6,8-9,13H,4-5,7H2,1-3H3. The Kier molecular flexibility index (Phi) is 3.58. The van der Waals surface area contributed by atoms with Crippen LogP contribution in [0.5, 0.6) is 0 Å². The summed E-state index contributed by atoms with van der Waals surface area (Å²) in [6, 6.07) is 0. The van der Waals surface area contributed by atoms with Gasteiger partial charge in [-0.15, -0.1) is 0 Å². The molecule has 0 aliphatic rings. The number of hydrogen-bond donors (Lipinski definition) is 1. The maximum Gasteiger partial charge on any atom is 0.0953 e. The van der Waals surface area contributed by atoms with Crippen molar-refractivity contribution in [3.8, 4) is 0 Å². The molecule has 0 radical (unpaired) electrons. The number of nitrogens with zero attached hydrogens (tertiary/aromatic N) is 4. The molecule has 0 atom stereocenters. The van der Waals surface area contributed by atoms with Crippen LogP contribution in [0.1, 0.15) is 23.9 Å². The summed E-state index contributed by atoms with van der Waals surface area (Å²) < 4.78 is 3.94. The third kappa shape index (κ3) is 2.94. The molecule has 0 unspecified atom stereocenters. The van der Waals surface area contributed by atoms with E-state index in [1.165, 1.54) is 5.56 Å². The molecular formula is C12H19N5. The van der Waals surface area contributed by atoms with Crippen molar-refractivity contribution in [1.29, 1.82) is 0 Å². The van der Waals surface area contributed by atoms with Gasteiger partial charge in [0.05, 0.1) is 24.3 Å². The lowest BCUT2D eigenvalue weighted by Gasteiger charge is -2.00. The molecule has 17 heavy (non-hydrogen) atoms. The van der Waals surface area contributed by atoms with Crippen LogP contribution in [-0.2, 0) is 20.1 Å². The Morgan fingerprint density at radius 1 is 1.35 bits per heavy atom. The van der Waals surface area contributed by atoms with Crippen molar-refractivity contribution in [2.24, 2.45) is 7.05 Å². The number of aromatic nitrogens is 4. The highest BCUT2D eigenvalue weighted by Crippen LogP contribution is 2.07. The third-order valence-electron chi connectivity index (χ3n) is 2.71. The number of imidazole rings is 1. The second-order valence-electron chi connectivity index (χ2n) is 4.23. The maximum absolute atomic E-state index is 4.36. The van der Waals surface area contributed by atoms with E-state index in [1.807, 2.05) is 25.0 Å². The highest BCUT2D eigenvalue weighted by Gasteiger charge is 2.04. The van der Waals surface area contributed by atoms with Crippen LogP contribution in [0.4, 0.5) is 0 Å². The molecule has 0 bridgehead atoms. The van der Waals surface area contributed by atoms with E-state index in [0.29, 0.717) is 0 Å². The summed E-state index contributed by atoms with van der Waals surface area (Å²) >= 11 is 0. The summed E-state index contributed by atoms with van der Waals surface area (Å²) in [6.07, 6.45) is 6.01. The highest BCUT2D eigenvalue weighted by atomic mass is 15.3. The average molecular weight is 233 g/mol. The van der Waals surface area contributed by atoms with Crippen molar-refractivity contribution >= 4 is 0 Å². The second-order valence-corrected chi connectivity index (χ2v) is 4.23. The molecule has 0 fully saturated rings. The predicted molar refractivity (Wildman–Crippen MR) is 66.7 cm³/mol. The second kappa shape index (κ2) is 5.14. The topological polar surface area (TPSA) is 47.7 Å². The maximum atomic E-state index is 4.36. The first kappa shape index (κ1) is 11.9. The summed E-state index contributed by atoms with van der Waals surface area (Å²) in [6.45, 7) is 6.75. The van der Waals surface area contributed by atoms with Crippen molar-refractivity contribution < 1.29 is 0 Å². The Bertz CT molecular complexity index is 483. The van der Waals surface area contributed by atoms with Crippen molar-refractivity contribution in [1.82, 2.24) is 24.6 Å². The van der Waals surface area contributed by atoms with Crippen molar-refractivity contribution in [3.63, 3.8) is 0 Å². The van der Waals surface area contributed by atoms with Crippen LogP contribution < -0.4 is 5.32 Å². The molecule has 2 aromatic rings. The molecule has 0 spiro atoms. The van der Waals surface area contributed by atoms with Crippen molar-refractivity contribution in [3.05, 3.63) is 35.7 Å². The lowest BCUT2D eigenvalue weighted by atomic mass is 10.2. The van der Waals surface area contributed by atoms with E-state index in [0.717, 1.165) is 31.0 Å². The first-order chi connectivity index (χ1) is 8.19. The van der Waals surface area contributed by atoms with Gasteiger partial charge in [0, 0.05) is 31.5 Å². The molecule has 0 saturated carbocycles. The van der Waals surface area contributed by atoms with Gasteiger partial charge in [-0.3, -0.25) is 4.68 Å². The van der Waals surface area contributed by atoms with Crippen LogP contribution in [0.2, 0.25) is 0 Å². The fraction of sp³-hybridized carbons (Fsp3) is 0.500. The van der Waals surface area contributed by atoms with Crippen molar-refractivity contribution in [2.75, 3.05) is 6.54 Å². The summed E-state index contributed by atoms with van der Waals surface area (Å²) in [7, 11) is 1.95. The van der Waals surface area contributed by atoms with E-state index in [1.54, 1.807) is 0 Å². The summed E-state index contributed by atoms with van der Waals surface area (Å²) in [5, 5.41) is 7.60. The lowest BCUT2D eigenvalue weighted by molar-refractivity contribution is 0.712. The van der Waals surface area contributed by atoms with Crippen LogP contribution in [0.3, 0.4) is 0 Å². The molecule has 0 aliphatic heterocycles. The van der Waals surface area contributed by atoms with Gasteiger partial charge in [-0.2, -0.15) is 5.10 Å². The normalized spacial score (nSPS) is 11.0. The van der Waals surface area contributed by atoms with Gasteiger partial charge in [0.1, 0.15) is 0 Å². The van der Waals surface area contributed by atoms with Gasteiger partial charge in [0.15, 0.2) is 0 Å². The molecule has 1 N–H and O–H groups in total. The Morgan fingerprint density at radius 2 is 2.18 bits per heavy atom. The minimum Gasteiger partial charge on any atom is -0.333 e. The summed E-state index contributed by atoms with van der Waals surface area (Å²) in [5.74, 6) is 0. The Balaban J connectivity index is 2.03. The van der Waals surface area contributed by atoms with Crippen LogP contribution in [0, 0.1) is 6.92 Å². The minimum absolute atomic E-state index is 0.829. The Hall–Kier alpha value is -1.62. The molecule has 2 rings (SSSR count). The summed E-state index contributed by atoms with van der Waals surface area (Å²) in [5.41, 5.74) is 3.39. The highest BCUT2D eigenvalue weighted by molar-refractivity contribution is 5.16. The number of hydrogen-bond acceptors (Lipinski definition) is 3. The van der Waals surface area contributed by atoms with Gasteiger partial charge in [0.2, 0.25) is 0 Å². The first-order valence-electron chi connectivity index (χ1n) is 5.89. The Morgan fingerprint density at radius 3 is 2.82 bits per heavy atom. The monoisotopic (exact) mass is 233 g/mol. The molecule has 92 valence electrons. The molecule has 2 aromatic heterocycles. The molecule has 2 heterocycles. The third-order valence-corrected chi connectivity index (χ3v) is 2.71. The number of nitrogens with one attached hydrogen (secondary N) is 1. The summed E-state index contributed by atoms with van der Waals surface area (Å²) in [4.78, 5) is 4.36. The zero-order valence-corrected chi connectivity index (χ0v) is 10.6. The Labute approximate surface area is 101 Å². The lowest BCUT2D eigenvalue weighted by Crippen LogP contribution is -2.11. The average Bonchev–Trinajstić information content (AvgIpc) is 2.84. The van der Waals surface area contributed by atoms with Crippen molar-refractivity contribution in [2.45, 2.75) is 26.9 Å². The van der Waals surface area contributed by atoms with E-state index >= 15 is 0 Å². The largest absolute Gasteiger partial charge is 0.333 e. The van der Waals surface area contributed by atoms with Gasteiger partial charge in [-0.1, -0.05) is 6.92 Å². The molecule has 0 aromatic carbocycles. The fourth-order valence-electron chi connectivity index (χ4n) is 1.84. The zero-order chi connectivity index (χ0) is 12.3. The number of rotatable bonds is 5. The SMILES string of the molecule is CCNCc1cn(Cc2cn(C)nc2C)cn1. The van der Waals surface area contributed by atoms with E-state index in [2.05, 4.69) is 39.3 Å². The smallest absolute Gasteiger partial charge is 0.0953 e. The molecule has 0 aliphatic carbocycles. The van der Waals surface area contributed by atoms with Gasteiger partial charge in [-0.05, 0) is 13.5 Å². The quantitative estimate of drug-likeness (QED) is 0.840. The van der Waals surface area contributed by atoms with E-state index < -0.39 is 0 Å². The fourth-order valence-corrected chi connectivity index (χ4v) is 1.84. The van der Waals surface area contributed by atoms with Crippen LogP contribution in [0.25, 0.3) is 0 Å². The van der Waals surface area contributed by atoms with E-state index in [4.69, 9.17) is 0 Å². The zero-order valence-electron chi connectivity index (χ0n) is 10.6. The number of aryl methyl sites for hydroxylation is 2. The van der Waals surface area contributed by atoms with Gasteiger partial charge in [0.25, 0.3) is 0 Å². The van der Waals surface area contributed by atoms with Gasteiger partial charge in [-0.25, -0.2) is 4.98 Å². The molecule has 5 heteroatoms. The molecule has 5 nitrogen and oxygen atoms in total. The van der Waals surface area contributed by atoms with E-state index in [-0.39, 0.29) is 0 Å². The van der Waals surface area contributed by atoms with Crippen LogP contribution in [0.15, 0.2) is 18.7 Å². The molecular weight excluding hydrogens is 214 g/mol. The minimum atomic E-state index is 0.829. The van der Waals surface area contributed by atoms with Gasteiger partial charge < -0.3 is 9.88 Å². The van der Waals surface area contributed by atoms with Crippen LogP contribution >= 0.6 is 0 Å². The predicted octanol–water partition coefficient (Wildman–Crippen LogP) is 1.08. The first-order valence-corrected chi connectivity index (χ1v) is 5.89. The van der Waals surface area contributed by atoms with Crippen LogP contribution in [-0.4, -0.2) is 25.9 Å². The van der Waals surface area contributed by atoms with E-state index in [9.17, 15) is 0 Å². The molecule has 0 amide bonds. The van der Waals surface area contributed by atoms with Gasteiger partial charge >= 0.3 is 0 Å².